The zero-order chi connectivity index (χ0) is 13.7. The van der Waals surface area contributed by atoms with Crippen molar-refractivity contribution in [2.24, 2.45) is 0 Å². The standard InChI is InChI=1S/C16H22OS/c1-6-7-8-15(18-14(5)17)16-12(3)9-11(2)10-13(16)4/h8-10H,6-7H2,1-5H3/b15-8-. The van der Waals surface area contributed by atoms with Gasteiger partial charge in [0.1, 0.15) is 0 Å². The van der Waals surface area contributed by atoms with Crippen molar-refractivity contribution >= 4 is 21.8 Å². The summed E-state index contributed by atoms with van der Waals surface area (Å²) in [7, 11) is 0. The first-order valence-electron chi connectivity index (χ1n) is 6.42. The van der Waals surface area contributed by atoms with Gasteiger partial charge in [0.05, 0.1) is 0 Å². The number of aryl methyl sites for hydroxylation is 3. The first-order chi connectivity index (χ1) is 8.45. The van der Waals surface area contributed by atoms with E-state index < -0.39 is 0 Å². The van der Waals surface area contributed by atoms with Gasteiger partial charge in [-0.25, -0.2) is 0 Å². The third-order valence-corrected chi connectivity index (χ3v) is 3.67. The van der Waals surface area contributed by atoms with Crippen LogP contribution in [0, 0.1) is 20.8 Å². The minimum atomic E-state index is 0.150. The number of carbonyl (C=O) groups is 1. The van der Waals surface area contributed by atoms with Crippen LogP contribution in [0.4, 0.5) is 0 Å². The zero-order valence-electron chi connectivity index (χ0n) is 12.0. The molecule has 0 fully saturated rings. The number of thioether (sulfide) groups is 1. The molecule has 0 N–H and O–H groups in total. The summed E-state index contributed by atoms with van der Waals surface area (Å²) in [6.45, 7) is 10.1. The highest BCUT2D eigenvalue weighted by Crippen LogP contribution is 2.33. The quantitative estimate of drug-likeness (QED) is 0.756. The Kier molecular flexibility index (Phi) is 5.67. The van der Waals surface area contributed by atoms with Crippen molar-refractivity contribution in [1.29, 1.82) is 0 Å². The normalized spacial score (nSPS) is 11.7. The fourth-order valence-corrected chi connectivity index (χ4v) is 3.13. The van der Waals surface area contributed by atoms with E-state index in [0.29, 0.717) is 0 Å². The van der Waals surface area contributed by atoms with Crippen LogP contribution in [-0.2, 0) is 4.79 Å². The van der Waals surface area contributed by atoms with Gasteiger partial charge in [-0.15, -0.1) is 0 Å². The summed E-state index contributed by atoms with van der Waals surface area (Å²) in [5.74, 6) is 0. The molecule has 0 amide bonds. The maximum Gasteiger partial charge on any atom is 0.190 e. The fourth-order valence-electron chi connectivity index (χ4n) is 2.19. The highest BCUT2D eigenvalue weighted by Gasteiger charge is 2.11. The zero-order valence-corrected chi connectivity index (χ0v) is 12.8. The Morgan fingerprint density at radius 2 is 1.78 bits per heavy atom. The Hall–Kier alpha value is -1.02. The Morgan fingerprint density at radius 3 is 2.22 bits per heavy atom. The Labute approximate surface area is 115 Å². The van der Waals surface area contributed by atoms with Gasteiger partial charge in [0, 0.05) is 11.8 Å². The summed E-state index contributed by atoms with van der Waals surface area (Å²) in [5.41, 5.74) is 5.01. The van der Waals surface area contributed by atoms with E-state index in [4.69, 9.17) is 0 Å². The van der Waals surface area contributed by atoms with Crippen LogP contribution in [0.25, 0.3) is 4.91 Å². The summed E-state index contributed by atoms with van der Waals surface area (Å²) < 4.78 is 0. The van der Waals surface area contributed by atoms with Crippen molar-refractivity contribution in [3.63, 3.8) is 0 Å². The minimum Gasteiger partial charge on any atom is -0.287 e. The predicted octanol–water partition coefficient (Wildman–Crippen LogP) is 5.03. The van der Waals surface area contributed by atoms with Gasteiger partial charge in [0.25, 0.3) is 0 Å². The topological polar surface area (TPSA) is 17.1 Å². The molecule has 0 saturated heterocycles. The van der Waals surface area contributed by atoms with Gasteiger partial charge in [-0.2, -0.15) is 0 Å². The average molecular weight is 262 g/mol. The largest absolute Gasteiger partial charge is 0.287 e. The molecule has 0 heterocycles. The molecule has 98 valence electrons. The lowest BCUT2D eigenvalue weighted by Crippen LogP contribution is -1.95. The van der Waals surface area contributed by atoms with Crippen LogP contribution in [0.2, 0.25) is 0 Å². The summed E-state index contributed by atoms with van der Waals surface area (Å²) >= 11 is 1.35. The van der Waals surface area contributed by atoms with Crippen LogP contribution in [0.1, 0.15) is 48.9 Å². The molecule has 0 bridgehead atoms. The monoisotopic (exact) mass is 262 g/mol. The predicted molar refractivity (Wildman–Crippen MR) is 81.8 cm³/mol. The van der Waals surface area contributed by atoms with Crippen LogP contribution < -0.4 is 0 Å². The molecule has 1 aromatic carbocycles. The molecule has 0 unspecified atom stereocenters. The lowest BCUT2D eigenvalue weighted by molar-refractivity contribution is -0.109. The highest BCUT2D eigenvalue weighted by atomic mass is 32.2. The average Bonchev–Trinajstić information content (AvgIpc) is 2.23. The van der Waals surface area contributed by atoms with Crippen LogP contribution in [0.5, 0.6) is 0 Å². The Morgan fingerprint density at radius 1 is 1.22 bits per heavy atom. The van der Waals surface area contributed by atoms with E-state index in [1.807, 2.05) is 0 Å². The van der Waals surface area contributed by atoms with E-state index in [1.54, 1.807) is 6.92 Å². The lowest BCUT2D eigenvalue weighted by Gasteiger charge is -2.14. The second-order valence-electron chi connectivity index (χ2n) is 4.72. The van der Waals surface area contributed by atoms with Crippen molar-refractivity contribution in [1.82, 2.24) is 0 Å². The van der Waals surface area contributed by atoms with Gasteiger partial charge in [0.15, 0.2) is 5.12 Å². The van der Waals surface area contributed by atoms with E-state index in [1.165, 1.54) is 34.0 Å². The van der Waals surface area contributed by atoms with Gasteiger partial charge < -0.3 is 0 Å². The molecule has 0 aliphatic carbocycles. The van der Waals surface area contributed by atoms with E-state index in [0.717, 1.165) is 17.7 Å². The number of hydrogen-bond acceptors (Lipinski definition) is 2. The number of carbonyl (C=O) groups excluding carboxylic acids is 1. The second kappa shape index (κ2) is 6.79. The van der Waals surface area contributed by atoms with Gasteiger partial charge in [-0.3, -0.25) is 4.79 Å². The lowest BCUT2D eigenvalue weighted by atomic mass is 9.99. The number of rotatable bonds is 4. The van der Waals surface area contributed by atoms with Gasteiger partial charge in [0.2, 0.25) is 0 Å². The Bertz CT molecular complexity index is 449. The number of benzene rings is 1. The molecule has 0 aromatic heterocycles. The van der Waals surface area contributed by atoms with Gasteiger partial charge >= 0.3 is 0 Å². The summed E-state index contributed by atoms with van der Waals surface area (Å²) in [6, 6.07) is 4.37. The molecule has 1 rings (SSSR count). The van der Waals surface area contributed by atoms with Crippen LogP contribution in [0.3, 0.4) is 0 Å². The number of unbranched alkanes of at least 4 members (excludes halogenated alkanes) is 1. The molecule has 0 aliphatic rings. The van der Waals surface area contributed by atoms with Crippen molar-refractivity contribution in [3.05, 3.63) is 40.5 Å². The smallest absolute Gasteiger partial charge is 0.190 e. The summed E-state index contributed by atoms with van der Waals surface area (Å²) in [4.78, 5) is 12.5. The van der Waals surface area contributed by atoms with E-state index in [-0.39, 0.29) is 5.12 Å². The maximum absolute atomic E-state index is 11.4. The Balaban J connectivity index is 3.24. The van der Waals surface area contributed by atoms with E-state index >= 15 is 0 Å². The van der Waals surface area contributed by atoms with Crippen molar-refractivity contribution in [2.75, 3.05) is 0 Å². The first kappa shape index (κ1) is 15.0. The highest BCUT2D eigenvalue weighted by molar-refractivity contribution is 8.21. The third-order valence-electron chi connectivity index (χ3n) is 2.80. The molecule has 0 saturated carbocycles. The molecule has 1 aromatic rings. The van der Waals surface area contributed by atoms with Crippen LogP contribution in [0.15, 0.2) is 18.2 Å². The first-order valence-corrected chi connectivity index (χ1v) is 7.24. The minimum absolute atomic E-state index is 0.150. The fraction of sp³-hybridized carbons (Fsp3) is 0.438. The van der Waals surface area contributed by atoms with E-state index in [9.17, 15) is 4.79 Å². The van der Waals surface area contributed by atoms with E-state index in [2.05, 4.69) is 45.9 Å². The van der Waals surface area contributed by atoms with Crippen LogP contribution >= 0.6 is 11.8 Å². The summed E-state index contributed by atoms with van der Waals surface area (Å²) in [5, 5.41) is 0.150. The molecule has 2 heteroatoms. The van der Waals surface area contributed by atoms with Gasteiger partial charge in [-0.05, 0) is 43.9 Å². The molecule has 18 heavy (non-hydrogen) atoms. The SMILES string of the molecule is CCC/C=C(\SC(C)=O)c1c(C)cc(C)cc1C. The molecule has 0 spiro atoms. The van der Waals surface area contributed by atoms with Crippen molar-refractivity contribution in [3.8, 4) is 0 Å². The second-order valence-corrected chi connectivity index (χ2v) is 5.94. The molecule has 0 aliphatic heterocycles. The van der Waals surface area contributed by atoms with Gasteiger partial charge in [-0.1, -0.05) is 48.9 Å². The molecular weight excluding hydrogens is 240 g/mol. The molecular formula is C16H22OS. The van der Waals surface area contributed by atoms with Crippen molar-refractivity contribution in [2.45, 2.75) is 47.5 Å². The number of allylic oxidation sites excluding steroid dienone is 1. The van der Waals surface area contributed by atoms with Crippen molar-refractivity contribution < 1.29 is 4.79 Å². The van der Waals surface area contributed by atoms with Crippen LogP contribution in [-0.4, -0.2) is 5.12 Å². The molecule has 0 radical (unpaired) electrons. The maximum atomic E-state index is 11.4. The molecule has 0 atom stereocenters. The third kappa shape index (κ3) is 4.02. The number of hydrogen-bond donors (Lipinski definition) is 0. The summed E-state index contributed by atoms with van der Waals surface area (Å²) in [6.07, 6.45) is 4.31. The molecule has 1 nitrogen and oxygen atoms in total.